The van der Waals surface area contributed by atoms with Crippen LogP contribution in [0.2, 0.25) is 0 Å². The number of rotatable bonds is 3. The zero-order chi connectivity index (χ0) is 12.5. The van der Waals surface area contributed by atoms with Gasteiger partial charge in [-0.25, -0.2) is 0 Å². The van der Waals surface area contributed by atoms with Crippen molar-refractivity contribution in [3.63, 3.8) is 0 Å². The van der Waals surface area contributed by atoms with Crippen molar-refractivity contribution in [3.05, 3.63) is 0 Å². The first-order valence-electron chi connectivity index (χ1n) is 7.71. The Bertz CT molecular complexity index is 232. The van der Waals surface area contributed by atoms with Crippen LogP contribution in [-0.4, -0.2) is 12.1 Å². The Morgan fingerprint density at radius 3 is 2.06 bits per heavy atom. The van der Waals surface area contributed by atoms with E-state index in [1.165, 1.54) is 45.1 Å². The van der Waals surface area contributed by atoms with Crippen LogP contribution in [0, 0.1) is 23.7 Å². The zero-order valence-electron chi connectivity index (χ0n) is 12.3. The van der Waals surface area contributed by atoms with Crippen molar-refractivity contribution in [3.8, 4) is 0 Å². The van der Waals surface area contributed by atoms with E-state index in [0.29, 0.717) is 5.54 Å². The molecule has 0 heterocycles. The minimum atomic E-state index is 0.293. The van der Waals surface area contributed by atoms with Gasteiger partial charge in [0.25, 0.3) is 0 Å². The van der Waals surface area contributed by atoms with Crippen LogP contribution in [0.25, 0.3) is 0 Å². The molecule has 0 aromatic rings. The highest BCUT2D eigenvalue weighted by molar-refractivity contribution is 4.90. The molecule has 1 heteroatoms. The summed E-state index contributed by atoms with van der Waals surface area (Å²) in [6.07, 6.45) is 8.98. The van der Waals surface area contributed by atoms with E-state index >= 15 is 0 Å². The first-order chi connectivity index (χ1) is 7.96. The molecule has 1 N–H and O–H groups in total. The molecule has 0 aromatic heterocycles. The molecule has 2 saturated carbocycles. The second-order valence-electron chi connectivity index (χ2n) is 7.65. The molecule has 0 bridgehead atoms. The van der Waals surface area contributed by atoms with Crippen molar-refractivity contribution < 1.29 is 0 Å². The maximum atomic E-state index is 3.70. The summed E-state index contributed by atoms with van der Waals surface area (Å²) in [5, 5.41) is 3.70. The lowest BCUT2D eigenvalue weighted by atomic mass is 9.62. The lowest BCUT2D eigenvalue weighted by Gasteiger charge is -2.45. The van der Waals surface area contributed by atoms with Gasteiger partial charge in [-0.3, -0.25) is 0 Å². The highest BCUT2D eigenvalue weighted by atomic mass is 14.9. The minimum absolute atomic E-state index is 0.293. The van der Waals surface area contributed by atoms with Gasteiger partial charge < -0.3 is 5.32 Å². The smallest absolute Gasteiger partial charge is 0.00966 e. The standard InChI is InChI=1S/C16H31N/c1-12-5-7-13(8-6-12)15-10-9-14(15)11-17-16(2,3)4/h12-15,17H,5-11H2,1-4H3. The second-order valence-corrected chi connectivity index (χ2v) is 7.65. The Labute approximate surface area is 108 Å². The van der Waals surface area contributed by atoms with E-state index in [1.807, 2.05) is 0 Å². The van der Waals surface area contributed by atoms with Gasteiger partial charge in [0.1, 0.15) is 0 Å². The fourth-order valence-electron chi connectivity index (χ4n) is 3.62. The molecule has 0 spiro atoms. The van der Waals surface area contributed by atoms with Crippen molar-refractivity contribution in [2.75, 3.05) is 6.54 Å². The van der Waals surface area contributed by atoms with Crippen molar-refractivity contribution in [1.29, 1.82) is 0 Å². The van der Waals surface area contributed by atoms with Crippen LogP contribution in [-0.2, 0) is 0 Å². The molecule has 1 nitrogen and oxygen atoms in total. The predicted octanol–water partition coefficient (Wildman–Crippen LogP) is 4.23. The summed E-state index contributed by atoms with van der Waals surface area (Å²) >= 11 is 0. The lowest BCUT2D eigenvalue weighted by molar-refractivity contribution is 0.0654. The van der Waals surface area contributed by atoms with Crippen molar-refractivity contribution >= 4 is 0 Å². The number of hydrogen-bond donors (Lipinski definition) is 1. The molecule has 0 saturated heterocycles. The zero-order valence-corrected chi connectivity index (χ0v) is 12.3. The van der Waals surface area contributed by atoms with Gasteiger partial charge in [0, 0.05) is 5.54 Å². The monoisotopic (exact) mass is 237 g/mol. The van der Waals surface area contributed by atoms with Gasteiger partial charge in [-0.15, -0.1) is 0 Å². The maximum Gasteiger partial charge on any atom is 0.00966 e. The maximum absolute atomic E-state index is 3.70. The van der Waals surface area contributed by atoms with Gasteiger partial charge in [0.15, 0.2) is 0 Å². The third kappa shape index (κ3) is 3.71. The summed E-state index contributed by atoms with van der Waals surface area (Å²) < 4.78 is 0. The summed E-state index contributed by atoms with van der Waals surface area (Å²) in [4.78, 5) is 0. The van der Waals surface area contributed by atoms with Crippen LogP contribution < -0.4 is 5.32 Å². The fraction of sp³-hybridized carbons (Fsp3) is 1.00. The molecule has 0 aromatic carbocycles. The van der Waals surface area contributed by atoms with E-state index in [9.17, 15) is 0 Å². The Kier molecular flexibility index (Phi) is 4.18. The highest BCUT2D eigenvalue weighted by Crippen LogP contribution is 2.45. The van der Waals surface area contributed by atoms with Gasteiger partial charge in [-0.1, -0.05) is 19.8 Å². The second kappa shape index (κ2) is 5.30. The first kappa shape index (κ1) is 13.4. The van der Waals surface area contributed by atoms with E-state index in [1.54, 1.807) is 0 Å². The fourth-order valence-corrected chi connectivity index (χ4v) is 3.62. The third-order valence-electron chi connectivity index (χ3n) is 5.04. The minimum Gasteiger partial charge on any atom is -0.312 e. The Morgan fingerprint density at radius 1 is 0.941 bits per heavy atom. The summed E-state index contributed by atoms with van der Waals surface area (Å²) in [7, 11) is 0. The van der Waals surface area contributed by atoms with Crippen LogP contribution in [0.3, 0.4) is 0 Å². The molecule has 2 fully saturated rings. The van der Waals surface area contributed by atoms with Crippen LogP contribution in [0.5, 0.6) is 0 Å². The van der Waals surface area contributed by atoms with Gasteiger partial charge in [-0.2, -0.15) is 0 Å². The van der Waals surface area contributed by atoms with E-state index < -0.39 is 0 Å². The molecular weight excluding hydrogens is 206 g/mol. The molecule has 2 rings (SSSR count). The Balaban J connectivity index is 1.75. The third-order valence-corrected chi connectivity index (χ3v) is 5.04. The van der Waals surface area contributed by atoms with Crippen LogP contribution >= 0.6 is 0 Å². The molecule has 2 aliphatic rings. The van der Waals surface area contributed by atoms with E-state index in [4.69, 9.17) is 0 Å². The first-order valence-corrected chi connectivity index (χ1v) is 7.71. The van der Waals surface area contributed by atoms with Gasteiger partial charge >= 0.3 is 0 Å². The van der Waals surface area contributed by atoms with Gasteiger partial charge in [-0.05, 0) is 76.7 Å². The van der Waals surface area contributed by atoms with Crippen LogP contribution in [0.4, 0.5) is 0 Å². The quantitative estimate of drug-likeness (QED) is 0.774. The van der Waals surface area contributed by atoms with Gasteiger partial charge in [0.2, 0.25) is 0 Å². The number of nitrogens with one attached hydrogen (secondary N) is 1. The van der Waals surface area contributed by atoms with Crippen LogP contribution in [0.1, 0.15) is 66.2 Å². The van der Waals surface area contributed by atoms with Crippen molar-refractivity contribution in [2.24, 2.45) is 23.7 Å². The van der Waals surface area contributed by atoms with Crippen molar-refractivity contribution in [1.82, 2.24) is 5.32 Å². The average molecular weight is 237 g/mol. The van der Waals surface area contributed by atoms with Crippen molar-refractivity contribution in [2.45, 2.75) is 71.8 Å². The SMILES string of the molecule is CC1CCC(C2CCC2CNC(C)(C)C)CC1. The topological polar surface area (TPSA) is 12.0 Å². The molecular formula is C16H31N. The molecule has 2 aliphatic carbocycles. The molecule has 2 atom stereocenters. The molecule has 0 radical (unpaired) electrons. The molecule has 0 amide bonds. The summed E-state index contributed by atoms with van der Waals surface area (Å²) in [5.41, 5.74) is 0.293. The summed E-state index contributed by atoms with van der Waals surface area (Å²) in [6, 6.07) is 0. The largest absolute Gasteiger partial charge is 0.312 e. The van der Waals surface area contributed by atoms with Gasteiger partial charge in [0.05, 0.1) is 0 Å². The molecule has 17 heavy (non-hydrogen) atoms. The Hall–Kier alpha value is -0.0400. The summed E-state index contributed by atoms with van der Waals surface area (Å²) in [6.45, 7) is 10.5. The molecule has 0 aliphatic heterocycles. The molecule has 2 unspecified atom stereocenters. The highest BCUT2D eigenvalue weighted by Gasteiger charge is 2.37. The average Bonchev–Trinajstić information content (AvgIpc) is 2.18. The normalized spacial score (nSPS) is 38.8. The number of hydrogen-bond acceptors (Lipinski definition) is 1. The molecule has 100 valence electrons. The van der Waals surface area contributed by atoms with Crippen LogP contribution in [0.15, 0.2) is 0 Å². The van der Waals surface area contributed by atoms with E-state index in [-0.39, 0.29) is 0 Å². The van der Waals surface area contributed by atoms with E-state index in [2.05, 4.69) is 33.0 Å². The lowest BCUT2D eigenvalue weighted by Crippen LogP contribution is -2.45. The summed E-state index contributed by atoms with van der Waals surface area (Å²) in [5.74, 6) is 4.09. The van der Waals surface area contributed by atoms with E-state index in [0.717, 1.165) is 23.7 Å². The Morgan fingerprint density at radius 2 is 1.59 bits per heavy atom. The predicted molar refractivity (Wildman–Crippen MR) is 75.1 cm³/mol.